The van der Waals surface area contributed by atoms with Gasteiger partial charge in [-0.2, -0.15) is 5.10 Å². The van der Waals surface area contributed by atoms with Crippen LogP contribution < -0.4 is 11.1 Å². The lowest BCUT2D eigenvalue weighted by atomic mass is 9.94. The van der Waals surface area contributed by atoms with Crippen LogP contribution in [-0.2, 0) is 7.05 Å². The highest BCUT2D eigenvalue weighted by molar-refractivity contribution is 6.31. The molecule has 8 heteroatoms. The highest BCUT2D eigenvalue weighted by Crippen LogP contribution is 2.46. The molecular weight excluding hydrogens is 426 g/mol. The Morgan fingerprint density at radius 1 is 1.17 bits per heavy atom. The van der Waals surface area contributed by atoms with Crippen molar-refractivity contribution in [3.63, 3.8) is 0 Å². The number of rotatable bonds is 4. The zero-order valence-electron chi connectivity index (χ0n) is 16.3. The average Bonchev–Trinajstić information content (AvgIpc) is 3.30. The van der Waals surface area contributed by atoms with Crippen LogP contribution in [-0.4, -0.2) is 15.7 Å². The minimum Gasteiger partial charge on any atom is -0.383 e. The van der Waals surface area contributed by atoms with E-state index < -0.39 is 5.82 Å². The number of aromatic nitrogens is 2. The first-order chi connectivity index (χ1) is 14.3. The molecule has 1 saturated carbocycles. The van der Waals surface area contributed by atoms with Crippen LogP contribution in [0.15, 0.2) is 42.5 Å². The highest BCUT2D eigenvalue weighted by atomic mass is 35.5. The summed E-state index contributed by atoms with van der Waals surface area (Å²) in [7, 11) is 1.71. The number of halogens is 3. The molecule has 30 heavy (non-hydrogen) atoms. The van der Waals surface area contributed by atoms with Gasteiger partial charge in [0, 0.05) is 23.7 Å². The molecule has 1 aliphatic rings. The molecule has 3 N–H and O–H groups in total. The average molecular weight is 447 g/mol. The molecule has 0 aliphatic heterocycles. The molecular formula is C22H21Cl2FN4O. The minimum atomic E-state index is -0.548. The molecule has 2 unspecified atom stereocenters. The van der Waals surface area contributed by atoms with E-state index in [4.69, 9.17) is 28.9 Å². The van der Waals surface area contributed by atoms with Gasteiger partial charge < -0.3 is 11.1 Å². The summed E-state index contributed by atoms with van der Waals surface area (Å²) in [6.45, 7) is 0. The molecule has 0 bridgehead atoms. The topological polar surface area (TPSA) is 72.9 Å². The molecule has 3 aromatic rings. The van der Waals surface area contributed by atoms with Gasteiger partial charge in [-0.05, 0) is 55.0 Å². The van der Waals surface area contributed by atoms with Gasteiger partial charge in [0.15, 0.2) is 0 Å². The van der Waals surface area contributed by atoms with Gasteiger partial charge in [-0.15, -0.1) is 0 Å². The van der Waals surface area contributed by atoms with Crippen molar-refractivity contribution in [2.24, 2.45) is 7.05 Å². The molecule has 1 aliphatic carbocycles. The van der Waals surface area contributed by atoms with Gasteiger partial charge in [0.25, 0.3) is 5.91 Å². The molecule has 5 nitrogen and oxygen atoms in total. The number of nitrogens with zero attached hydrogens (tertiary/aromatic N) is 2. The van der Waals surface area contributed by atoms with E-state index in [1.807, 2.05) is 24.3 Å². The van der Waals surface area contributed by atoms with Gasteiger partial charge in [-0.1, -0.05) is 41.4 Å². The molecule has 1 amide bonds. The van der Waals surface area contributed by atoms with Crippen molar-refractivity contribution in [1.29, 1.82) is 0 Å². The second-order valence-electron chi connectivity index (χ2n) is 7.58. The zero-order chi connectivity index (χ0) is 21.4. The molecule has 2 aromatic carbocycles. The number of anilines is 2. The summed E-state index contributed by atoms with van der Waals surface area (Å²) in [6, 6.07) is 11.9. The summed E-state index contributed by atoms with van der Waals surface area (Å²) in [6.07, 6.45) is 2.68. The maximum absolute atomic E-state index is 13.4. The molecule has 156 valence electrons. The number of nitrogens with one attached hydrogen (secondary N) is 1. The first-order valence-corrected chi connectivity index (χ1v) is 10.4. The molecule has 1 aromatic heterocycles. The third kappa shape index (κ3) is 3.89. The second-order valence-corrected chi connectivity index (χ2v) is 8.39. The van der Waals surface area contributed by atoms with Crippen molar-refractivity contribution in [1.82, 2.24) is 9.78 Å². The summed E-state index contributed by atoms with van der Waals surface area (Å²) in [5.74, 6) is -0.254. The zero-order valence-corrected chi connectivity index (χ0v) is 17.8. The maximum Gasteiger partial charge on any atom is 0.261 e. The van der Waals surface area contributed by atoms with Crippen LogP contribution in [0.3, 0.4) is 0 Å². The van der Waals surface area contributed by atoms with E-state index in [-0.39, 0.29) is 22.7 Å². The van der Waals surface area contributed by atoms with Crippen LogP contribution in [0.2, 0.25) is 10.0 Å². The lowest BCUT2D eigenvalue weighted by Crippen LogP contribution is -2.16. The fraction of sp³-hybridized carbons (Fsp3) is 0.273. The van der Waals surface area contributed by atoms with Crippen LogP contribution in [0.4, 0.5) is 15.9 Å². The van der Waals surface area contributed by atoms with E-state index in [0.717, 1.165) is 29.8 Å². The third-order valence-corrected chi connectivity index (χ3v) is 6.32. The largest absolute Gasteiger partial charge is 0.383 e. The van der Waals surface area contributed by atoms with Crippen molar-refractivity contribution in [3.05, 3.63) is 75.1 Å². The predicted molar refractivity (Wildman–Crippen MR) is 118 cm³/mol. The number of carbonyl (C=O) groups is 1. The van der Waals surface area contributed by atoms with E-state index in [0.29, 0.717) is 22.9 Å². The molecule has 1 fully saturated rings. The normalized spacial score (nSPS) is 18.5. The monoisotopic (exact) mass is 446 g/mol. The summed E-state index contributed by atoms with van der Waals surface area (Å²) >= 11 is 12.2. The number of benzene rings is 2. The summed E-state index contributed by atoms with van der Waals surface area (Å²) in [4.78, 5) is 13.0. The molecule has 0 spiro atoms. The van der Waals surface area contributed by atoms with E-state index in [1.54, 1.807) is 7.05 Å². The summed E-state index contributed by atoms with van der Waals surface area (Å²) in [5.41, 5.74) is 8.72. The number of hydrogen-bond donors (Lipinski definition) is 2. The third-order valence-electron chi connectivity index (χ3n) is 5.69. The molecule has 1 heterocycles. The van der Waals surface area contributed by atoms with E-state index in [9.17, 15) is 9.18 Å². The van der Waals surface area contributed by atoms with Gasteiger partial charge in [0.05, 0.1) is 10.7 Å². The number of carbonyl (C=O) groups excluding carboxylic acids is 1. The van der Waals surface area contributed by atoms with Gasteiger partial charge in [0.2, 0.25) is 0 Å². The van der Waals surface area contributed by atoms with Crippen molar-refractivity contribution in [2.75, 3.05) is 11.1 Å². The fourth-order valence-corrected chi connectivity index (χ4v) is 4.63. The van der Waals surface area contributed by atoms with Gasteiger partial charge in [-0.3, -0.25) is 9.48 Å². The van der Waals surface area contributed by atoms with Crippen LogP contribution in [0.1, 0.15) is 52.7 Å². The van der Waals surface area contributed by atoms with Crippen LogP contribution in [0, 0.1) is 5.82 Å². The Labute approximate surface area is 184 Å². The Balaban J connectivity index is 1.59. The quantitative estimate of drug-likeness (QED) is 0.535. The lowest BCUT2D eigenvalue weighted by molar-refractivity contribution is 0.102. The Hall–Kier alpha value is -2.57. The Bertz CT molecular complexity index is 1110. The fourth-order valence-electron chi connectivity index (χ4n) is 4.16. The van der Waals surface area contributed by atoms with Crippen molar-refractivity contribution < 1.29 is 9.18 Å². The first kappa shape index (κ1) is 20.7. The molecule has 2 atom stereocenters. The Kier molecular flexibility index (Phi) is 5.71. The lowest BCUT2D eigenvalue weighted by Gasteiger charge is -2.13. The number of hydrogen-bond acceptors (Lipinski definition) is 3. The van der Waals surface area contributed by atoms with Crippen molar-refractivity contribution >= 4 is 40.6 Å². The molecule has 0 radical (unpaired) electrons. The number of nitrogen functional groups attached to an aromatic ring is 1. The number of amides is 1. The second kappa shape index (κ2) is 8.28. The van der Waals surface area contributed by atoms with Crippen molar-refractivity contribution in [2.45, 2.75) is 31.1 Å². The minimum absolute atomic E-state index is 0.0643. The first-order valence-electron chi connectivity index (χ1n) is 9.68. The molecule has 0 saturated heterocycles. The smallest absolute Gasteiger partial charge is 0.261 e. The maximum atomic E-state index is 13.4. The number of nitrogens with two attached hydrogens (primary N) is 1. The van der Waals surface area contributed by atoms with Crippen LogP contribution in [0.5, 0.6) is 0 Å². The Morgan fingerprint density at radius 3 is 2.63 bits per heavy atom. The van der Waals surface area contributed by atoms with Crippen LogP contribution in [0.25, 0.3) is 0 Å². The van der Waals surface area contributed by atoms with Gasteiger partial charge >= 0.3 is 0 Å². The standard InChI is InChI=1S/C22H21Cl2FN4O/c1-29-21(26)19(22(30)27-14-8-9-18(25)17(24)11-14)20(28-29)13-7-6-12(10-13)15-4-2-3-5-16(15)23/h2-5,8-9,11-13H,6-7,10,26H2,1H3,(H,27,30). The number of aryl methyl sites for hydroxylation is 1. The Morgan fingerprint density at radius 2 is 1.90 bits per heavy atom. The van der Waals surface area contributed by atoms with E-state index >= 15 is 0 Å². The highest BCUT2D eigenvalue weighted by Gasteiger charge is 2.34. The van der Waals surface area contributed by atoms with E-state index in [1.165, 1.54) is 22.9 Å². The summed E-state index contributed by atoms with van der Waals surface area (Å²) in [5, 5.41) is 8.00. The SMILES string of the molecule is Cn1nc(C2CCC(c3ccccc3Cl)C2)c(C(=O)Nc2ccc(F)c(Cl)c2)c1N. The van der Waals surface area contributed by atoms with E-state index in [2.05, 4.69) is 10.4 Å². The predicted octanol–water partition coefficient (Wildman–Crippen LogP) is 5.75. The van der Waals surface area contributed by atoms with Gasteiger partial charge in [0.1, 0.15) is 17.2 Å². The van der Waals surface area contributed by atoms with Gasteiger partial charge in [-0.25, -0.2) is 4.39 Å². The molecule has 4 rings (SSSR count). The summed E-state index contributed by atoms with van der Waals surface area (Å²) < 4.78 is 14.9. The van der Waals surface area contributed by atoms with Crippen molar-refractivity contribution in [3.8, 4) is 0 Å². The van der Waals surface area contributed by atoms with Crippen LogP contribution >= 0.6 is 23.2 Å².